The summed E-state index contributed by atoms with van der Waals surface area (Å²) < 4.78 is 5.18. The lowest BCUT2D eigenvalue weighted by molar-refractivity contribution is 0.170. The van der Waals surface area contributed by atoms with Crippen LogP contribution in [0.4, 0.5) is 0 Å². The Morgan fingerprint density at radius 3 is 2.67 bits per heavy atom. The summed E-state index contributed by atoms with van der Waals surface area (Å²) >= 11 is 0. The predicted octanol–water partition coefficient (Wildman–Crippen LogP) is 2.58. The molecule has 2 aliphatic carbocycles. The van der Waals surface area contributed by atoms with Gasteiger partial charge in [0.25, 0.3) is 0 Å². The number of methoxy groups -OCH3 is 1. The van der Waals surface area contributed by atoms with Crippen molar-refractivity contribution in [2.45, 2.75) is 51.5 Å². The molecule has 15 heavy (non-hydrogen) atoms. The summed E-state index contributed by atoms with van der Waals surface area (Å²) in [5.41, 5.74) is 0.613. The molecule has 2 fully saturated rings. The molecule has 0 amide bonds. The third-order valence-electron chi connectivity index (χ3n) is 4.25. The highest BCUT2D eigenvalue weighted by Crippen LogP contribution is 2.48. The monoisotopic (exact) mass is 211 g/mol. The minimum atomic E-state index is 0.613. The van der Waals surface area contributed by atoms with Crippen LogP contribution in [0.2, 0.25) is 0 Å². The zero-order chi connectivity index (χ0) is 10.7. The summed E-state index contributed by atoms with van der Waals surface area (Å²) in [6.07, 6.45) is 8.26. The molecule has 88 valence electrons. The quantitative estimate of drug-likeness (QED) is 0.729. The molecule has 2 atom stereocenters. The fourth-order valence-electron chi connectivity index (χ4n) is 2.76. The third-order valence-corrected chi connectivity index (χ3v) is 4.25. The van der Waals surface area contributed by atoms with Gasteiger partial charge in [-0.3, -0.25) is 0 Å². The van der Waals surface area contributed by atoms with Gasteiger partial charge in [0, 0.05) is 26.3 Å². The van der Waals surface area contributed by atoms with Crippen molar-refractivity contribution in [1.29, 1.82) is 0 Å². The average Bonchev–Trinajstić information content (AvgIpc) is 2.89. The van der Waals surface area contributed by atoms with Gasteiger partial charge in [-0.2, -0.15) is 0 Å². The molecule has 0 spiro atoms. The minimum Gasteiger partial charge on any atom is -0.385 e. The SMILES string of the molecule is COCCC1(CNC2CCC(C)C2)CC1. The van der Waals surface area contributed by atoms with Gasteiger partial charge >= 0.3 is 0 Å². The van der Waals surface area contributed by atoms with E-state index in [1.54, 1.807) is 0 Å². The molecular formula is C13H25NO. The van der Waals surface area contributed by atoms with Crippen LogP contribution < -0.4 is 5.32 Å². The van der Waals surface area contributed by atoms with Gasteiger partial charge in [-0.25, -0.2) is 0 Å². The molecule has 2 aliphatic rings. The molecule has 2 rings (SSSR count). The van der Waals surface area contributed by atoms with Gasteiger partial charge in [-0.1, -0.05) is 6.92 Å². The van der Waals surface area contributed by atoms with Crippen molar-refractivity contribution in [2.75, 3.05) is 20.3 Å². The Balaban J connectivity index is 1.64. The normalized spacial score (nSPS) is 33.2. The predicted molar refractivity (Wildman–Crippen MR) is 63.0 cm³/mol. The van der Waals surface area contributed by atoms with Gasteiger partial charge in [0.15, 0.2) is 0 Å². The van der Waals surface area contributed by atoms with Gasteiger partial charge in [0.2, 0.25) is 0 Å². The number of nitrogens with one attached hydrogen (secondary N) is 1. The second-order valence-electron chi connectivity index (χ2n) is 5.74. The first-order valence-electron chi connectivity index (χ1n) is 6.46. The van der Waals surface area contributed by atoms with E-state index in [4.69, 9.17) is 4.74 Å². The highest BCUT2D eigenvalue weighted by Gasteiger charge is 2.42. The second-order valence-corrected chi connectivity index (χ2v) is 5.74. The first-order valence-corrected chi connectivity index (χ1v) is 6.46. The Labute approximate surface area is 93.8 Å². The number of hydrogen-bond donors (Lipinski definition) is 1. The lowest BCUT2D eigenvalue weighted by atomic mass is 10.0. The maximum Gasteiger partial charge on any atom is 0.0468 e. The van der Waals surface area contributed by atoms with Crippen LogP contribution in [0.1, 0.15) is 45.4 Å². The first-order chi connectivity index (χ1) is 7.24. The van der Waals surface area contributed by atoms with Crippen LogP contribution in [0.3, 0.4) is 0 Å². The van der Waals surface area contributed by atoms with Gasteiger partial charge in [0.05, 0.1) is 0 Å². The topological polar surface area (TPSA) is 21.3 Å². The molecule has 0 aromatic heterocycles. The van der Waals surface area contributed by atoms with Crippen molar-refractivity contribution in [3.05, 3.63) is 0 Å². The van der Waals surface area contributed by atoms with Crippen molar-refractivity contribution in [2.24, 2.45) is 11.3 Å². The molecule has 0 aliphatic heterocycles. The molecule has 2 heteroatoms. The molecule has 2 unspecified atom stereocenters. The summed E-state index contributed by atoms with van der Waals surface area (Å²) in [7, 11) is 1.81. The zero-order valence-electron chi connectivity index (χ0n) is 10.2. The van der Waals surface area contributed by atoms with Crippen molar-refractivity contribution in [3.63, 3.8) is 0 Å². The molecule has 0 radical (unpaired) electrons. The van der Waals surface area contributed by atoms with Gasteiger partial charge in [0.1, 0.15) is 0 Å². The van der Waals surface area contributed by atoms with E-state index >= 15 is 0 Å². The van der Waals surface area contributed by atoms with E-state index in [2.05, 4.69) is 12.2 Å². The van der Waals surface area contributed by atoms with Gasteiger partial charge < -0.3 is 10.1 Å². The number of ether oxygens (including phenoxy) is 1. The largest absolute Gasteiger partial charge is 0.385 e. The molecule has 2 nitrogen and oxygen atoms in total. The summed E-state index contributed by atoms with van der Waals surface area (Å²) in [5.74, 6) is 0.941. The molecule has 0 heterocycles. The summed E-state index contributed by atoms with van der Waals surface area (Å²) in [6, 6.07) is 0.806. The van der Waals surface area contributed by atoms with Crippen LogP contribution in [0.15, 0.2) is 0 Å². The molecule has 0 aromatic carbocycles. The Morgan fingerprint density at radius 2 is 2.13 bits per heavy atom. The van der Waals surface area contributed by atoms with Crippen LogP contribution in [0.5, 0.6) is 0 Å². The maximum absolute atomic E-state index is 5.18. The molecular weight excluding hydrogens is 186 g/mol. The summed E-state index contributed by atoms with van der Waals surface area (Å²) in [6.45, 7) is 4.54. The fourth-order valence-corrected chi connectivity index (χ4v) is 2.76. The van der Waals surface area contributed by atoms with Crippen LogP contribution in [-0.4, -0.2) is 26.3 Å². The average molecular weight is 211 g/mol. The fraction of sp³-hybridized carbons (Fsp3) is 1.00. The smallest absolute Gasteiger partial charge is 0.0468 e. The van der Waals surface area contributed by atoms with E-state index in [1.807, 2.05) is 7.11 Å². The molecule has 0 bridgehead atoms. The Hall–Kier alpha value is -0.0800. The van der Waals surface area contributed by atoms with E-state index in [-0.39, 0.29) is 0 Å². The van der Waals surface area contributed by atoms with Crippen molar-refractivity contribution < 1.29 is 4.74 Å². The molecule has 1 N–H and O–H groups in total. The van der Waals surface area contributed by atoms with E-state index in [0.29, 0.717) is 5.41 Å². The standard InChI is InChI=1S/C13H25NO/c1-11-3-4-12(9-11)14-10-13(5-6-13)7-8-15-2/h11-12,14H,3-10H2,1-2H3. The first kappa shape index (κ1) is 11.4. The molecule has 2 saturated carbocycles. The van der Waals surface area contributed by atoms with Crippen molar-refractivity contribution in [1.82, 2.24) is 5.32 Å². The minimum absolute atomic E-state index is 0.613. The summed E-state index contributed by atoms with van der Waals surface area (Å²) in [5, 5.41) is 3.77. The van der Waals surface area contributed by atoms with Crippen molar-refractivity contribution >= 4 is 0 Å². The van der Waals surface area contributed by atoms with E-state index < -0.39 is 0 Å². The Kier molecular flexibility index (Phi) is 3.68. The molecule has 0 aromatic rings. The number of rotatable bonds is 6. The van der Waals surface area contributed by atoms with E-state index in [9.17, 15) is 0 Å². The van der Waals surface area contributed by atoms with Crippen LogP contribution in [-0.2, 0) is 4.74 Å². The van der Waals surface area contributed by atoms with Gasteiger partial charge in [-0.05, 0) is 49.9 Å². The van der Waals surface area contributed by atoms with Gasteiger partial charge in [-0.15, -0.1) is 0 Å². The lowest BCUT2D eigenvalue weighted by Crippen LogP contribution is -2.32. The zero-order valence-corrected chi connectivity index (χ0v) is 10.2. The number of hydrogen-bond acceptors (Lipinski definition) is 2. The lowest BCUT2D eigenvalue weighted by Gasteiger charge is -2.19. The van der Waals surface area contributed by atoms with Crippen molar-refractivity contribution in [3.8, 4) is 0 Å². The Morgan fingerprint density at radius 1 is 1.33 bits per heavy atom. The summed E-state index contributed by atoms with van der Waals surface area (Å²) in [4.78, 5) is 0. The highest BCUT2D eigenvalue weighted by atomic mass is 16.5. The van der Waals surface area contributed by atoms with E-state index in [1.165, 1.54) is 45.1 Å². The molecule has 0 saturated heterocycles. The highest BCUT2D eigenvalue weighted by molar-refractivity contribution is 4.95. The van der Waals surface area contributed by atoms with Crippen LogP contribution >= 0.6 is 0 Å². The van der Waals surface area contributed by atoms with Crippen LogP contribution in [0, 0.1) is 11.3 Å². The maximum atomic E-state index is 5.18. The second kappa shape index (κ2) is 4.84. The third kappa shape index (κ3) is 3.18. The van der Waals surface area contributed by atoms with Crippen LogP contribution in [0.25, 0.3) is 0 Å². The Bertz CT molecular complexity index is 201. The van der Waals surface area contributed by atoms with E-state index in [0.717, 1.165) is 18.6 Å².